The Morgan fingerprint density at radius 2 is 1.84 bits per heavy atom. The number of aromatic nitrogens is 4. The van der Waals surface area contributed by atoms with Gasteiger partial charge in [-0.15, -0.1) is 0 Å². The van der Waals surface area contributed by atoms with Gasteiger partial charge in [-0.25, -0.2) is 23.1 Å². The van der Waals surface area contributed by atoms with E-state index in [1.54, 1.807) is 23.2 Å². The molecule has 0 radical (unpaired) electrons. The van der Waals surface area contributed by atoms with Gasteiger partial charge in [0.15, 0.2) is 5.65 Å². The maximum atomic E-state index is 16.2. The highest BCUT2D eigenvalue weighted by Crippen LogP contribution is 2.36. The summed E-state index contributed by atoms with van der Waals surface area (Å²) < 4.78 is 33.0. The highest BCUT2D eigenvalue weighted by molar-refractivity contribution is 5.91. The summed E-state index contributed by atoms with van der Waals surface area (Å²) in [6.45, 7) is 10.7. The van der Waals surface area contributed by atoms with Crippen molar-refractivity contribution in [3.8, 4) is 16.9 Å². The molecule has 10 heteroatoms. The quantitative estimate of drug-likeness (QED) is 0.302. The number of piperazine rings is 1. The number of amides is 1. The molecule has 6 rings (SSSR count). The molecule has 43 heavy (non-hydrogen) atoms. The average molecular weight is 585 g/mol. The lowest BCUT2D eigenvalue weighted by molar-refractivity contribution is -0.126. The van der Waals surface area contributed by atoms with E-state index in [1.165, 1.54) is 22.8 Å². The second-order valence-electron chi connectivity index (χ2n) is 11.6. The van der Waals surface area contributed by atoms with E-state index in [2.05, 4.69) is 16.5 Å². The molecule has 222 valence electrons. The van der Waals surface area contributed by atoms with Crippen molar-refractivity contribution in [2.24, 2.45) is 0 Å². The number of benzene rings is 1. The summed E-state index contributed by atoms with van der Waals surface area (Å²) in [5, 5.41) is 0.329. The molecule has 8 nitrogen and oxygen atoms in total. The van der Waals surface area contributed by atoms with Crippen molar-refractivity contribution in [2.75, 3.05) is 24.5 Å². The van der Waals surface area contributed by atoms with Crippen LogP contribution in [0.1, 0.15) is 56.4 Å². The second kappa shape index (κ2) is 11.3. The van der Waals surface area contributed by atoms with Crippen LogP contribution in [0.15, 0.2) is 54.0 Å². The zero-order valence-corrected chi connectivity index (χ0v) is 24.6. The third-order valence-electron chi connectivity index (χ3n) is 8.47. The Kier molecular flexibility index (Phi) is 7.54. The number of halogens is 2. The molecule has 2 aliphatic heterocycles. The predicted octanol–water partition coefficient (Wildman–Crippen LogP) is 5.35. The molecule has 0 saturated carbocycles. The van der Waals surface area contributed by atoms with E-state index in [0.717, 1.165) is 18.4 Å². The summed E-state index contributed by atoms with van der Waals surface area (Å²) in [5.41, 5.74) is 2.48. The minimum Gasteiger partial charge on any atom is -0.350 e. The Bertz CT molecular complexity index is 1820. The topological polar surface area (TPSA) is 84.2 Å². The minimum absolute atomic E-state index is 0.0296. The number of carbonyl (C=O) groups excluding carboxylic acids is 1. The Labute approximate surface area is 248 Å². The van der Waals surface area contributed by atoms with Crippen molar-refractivity contribution >= 4 is 22.8 Å². The largest absolute Gasteiger partial charge is 0.355 e. The molecular weight excluding hydrogens is 550 g/mol. The van der Waals surface area contributed by atoms with Crippen LogP contribution in [0.4, 0.5) is 14.6 Å². The van der Waals surface area contributed by atoms with Crippen LogP contribution in [-0.2, 0) is 17.6 Å². The van der Waals surface area contributed by atoms with Crippen molar-refractivity contribution in [3.63, 3.8) is 0 Å². The molecule has 3 aromatic heterocycles. The van der Waals surface area contributed by atoms with Gasteiger partial charge in [-0.2, -0.15) is 4.98 Å². The fourth-order valence-corrected chi connectivity index (χ4v) is 6.37. The van der Waals surface area contributed by atoms with Crippen molar-refractivity contribution in [2.45, 2.75) is 58.4 Å². The van der Waals surface area contributed by atoms with Gasteiger partial charge in [-0.1, -0.05) is 32.6 Å². The van der Waals surface area contributed by atoms with E-state index >= 15 is 8.78 Å². The number of nitrogens with zero attached hydrogens (tertiary/aromatic N) is 6. The number of aryl methyl sites for hydroxylation is 2. The number of anilines is 1. The first kappa shape index (κ1) is 28.6. The molecule has 1 saturated heterocycles. The van der Waals surface area contributed by atoms with Crippen LogP contribution in [-0.4, -0.2) is 56.0 Å². The van der Waals surface area contributed by atoms with E-state index < -0.39 is 17.3 Å². The average Bonchev–Trinajstić information content (AvgIpc) is 2.98. The van der Waals surface area contributed by atoms with E-state index in [-0.39, 0.29) is 40.6 Å². The van der Waals surface area contributed by atoms with Gasteiger partial charge in [0, 0.05) is 37.4 Å². The Morgan fingerprint density at radius 3 is 2.56 bits per heavy atom. The Hall–Kier alpha value is -4.47. The number of rotatable bonds is 3. The number of hydrogen-bond acceptors (Lipinski definition) is 6. The highest BCUT2D eigenvalue weighted by Gasteiger charge is 2.31. The van der Waals surface area contributed by atoms with Crippen molar-refractivity contribution < 1.29 is 13.6 Å². The molecule has 0 unspecified atom stereocenters. The highest BCUT2D eigenvalue weighted by atomic mass is 19.1. The summed E-state index contributed by atoms with van der Waals surface area (Å²) in [6, 6.07) is 7.75. The summed E-state index contributed by atoms with van der Waals surface area (Å²) in [5.74, 6) is -1.19. The minimum atomic E-state index is -0.701. The molecule has 0 N–H and O–H groups in total. The van der Waals surface area contributed by atoms with Gasteiger partial charge in [0.05, 0.1) is 16.8 Å². The van der Waals surface area contributed by atoms with Gasteiger partial charge in [0.1, 0.15) is 23.1 Å². The number of hydrogen-bond donors (Lipinski definition) is 0. The fraction of sp³-hybridized carbons (Fsp3) is 0.364. The zero-order chi connectivity index (χ0) is 30.4. The predicted molar refractivity (Wildman–Crippen MR) is 163 cm³/mol. The number of pyridine rings is 2. The first-order valence-corrected chi connectivity index (χ1v) is 14.8. The van der Waals surface area contributed by atoms with Crippen LogP contribution in [0.3, 0.4) is 0 Å². The summed E-state index contributed by atoms with van der Waals surface area (Å²) >= 11 is 0. The molecule has 1 amide bonds. The maximum Gasteiger partial charge on any atom is 0.355 e. The standard InChI is InChI=1S/C33H34F2N6O2/c1-5-26(42)39-15-16-40(20(4)18-39)31-23-17-25(35)29-27-21(11-8-12-24(27)34)9-6-7-10-22-13-14-36-28(19(2)3)30(22)41(32(23)37-29)33(43)38-31/h5,8,11-14,17,19-20H,1,6-7,9-10,15-16,18H2,2-4H3/t20-/m0/s1. The summed E-state index contributed by atoms with van der Waals surface area (Å²) in [4.78, 5) is 44.0. The number of carbonyl (C=O) groups is 1. The summed E-state index contributed by atoms with van der Waals surface area (Å²) in [7, 11) is 0. The van der Waals surface area contributed by atoms with E-state index in [4.69, 9.17) is 4.98 Å². The SMILES string of the molecule is C=CC(=O)N1CCN(c2nc(=O)n3c4nc(c(F)cc24)-c2c(F)cccc2CCCCc2ccnc(C(C)C)c2-3)[C@@H](C)C1. The third kappa shape index (κ3) is 4.98. The Balaban J connectivity index is 1.68. The molecule has 4 aromatic rings. The normalized spacial score (nSPS) is 16.9. The molecule has 5 heterocycles. The molecule has 2 bridgehead atoms. The molecular formula is C33H34F2N6O2. The molecule has 0 spiro atoms. The van der Waals surface area contributed by atoms with Crippen LogP contribution in [0, 0.1) is 11.6 Å². The van der Waals surface area contributed by atoms with Crippen LogP contribution < -0.4 is 10.6 Å². The van der Waals surface area contributed by atoms with Gasteiger partial charge >= 0.3 is 5.69 Å². The van der Waals surface area contributed by atoms with Crippen LogP contribution in [0.2, 0.25) is 0 Å². The van der Waals surface area contributed by atoms with Gasteiger partial charge in [0.2, 0.25) is 5.91 Å². The zero-order valence-electron chi connectivity index (χ0n) is 24.6. The molecule has 2 aliphatic rings. The molecule has 1 fully saturated rings. The van der Waals surface area contributed by atoms with Crippen molar-refractivity contribution in [1.29, 1.82) is 0 Å². The van der Waals surface area contributed by atoms with Crippen molar-refractivity contribution in [1.82, 2.24) is 24.4 Å². The van der Waals surface area contributed by atoms with Gasteiger partial charge in [-0.3, -0.25) is 9.78 Å². The van der Waals surface area contributed by atoms with E-state index in [0.29, 0.717) is 54.8 Å². The second-order valence-corrected chi connectivity index (χ2v) is 11.6. The lowest BCUT2D eigenvalue weighted by Gasteiger charge is -2.40. The Morgan fingerprint density at radius 1 is 1.07 bits per heavy atom. The lowest BCUT2D eigenvalue weighted by atomic mass is 9.95. The van der Waals surface area contributed by atoms with Gasteiger partial charge in [-0.05, 0) is 73.9 Å². The van der Waals surface area contributed by atoms with Gasteiger partial charge in [0.25, 0.3) is 0 Å². The third-order valence-corrected chi connectivity index (χ3v) is 8.47. The lowest BCUT2D eigenvalue weighted by Crippen LogP contribution is -2.54. The first-order valence-electron chi connectivity index (χ1n) is 14.8. The molecule has 1 atom stereocenters. The fourth-order valence-electron chi connectivity index (χ4n) is 6.37. The number of fused-ring (bicyclic) bond motifs is 5. The smallest absolute Gasteiger partial charge is 0.350 e. The van der Waals surface area contributed by atoms with Crippen LogP contribution >= 0.6 is 0 Å². The first-order chi connectivity index (χ1) is 20.7. The molecule has 1 aromatic carbocycles. The summed E-state index contributed by atoms with van der Waals surface area (Å²) in [6.07, 6.45) is 5.79. The van der Waals surface area contributed by atoms with Crippen LogP contribution in [0.5, 0.6) is 0 Å². The maximum absolute atomic E-state index is 16.2. The monoisotopic (exact) mass is 584 g/mol. The van der Waals surface area contributed by atoms with Gasteiger partial charge < -0.3 is 9.80 Å². The molecule has 0 aliphatic carbocycles. The van der Waals surface area contributed by atoms with E-state index in [9.17, 15) is 9.59 Å². The van der Waals surface area contributed by atoms with E-state index in [1.807, 2.05) is 31.7 Å². The van der Waals surface area contributed by atoms with Crippen molar-refractivity contribution in [3.05, 3.63) is 88.1 Å². The van der Waals surface area contributed by atoms with Crippen LogP contribution in [0.25, 0.3) is 28.0 Å².